The molecule has 1 aromatic carbocycles. The summed E-state index contributed by atoms with van der Waals surface area (Å²) in [5, 5.41) is 3.17. The van der Waals surface area contributed by atoms with Crippen molar-refractivity contribution in [1.82, 2.24) is 19.4 Å². The number of amides is 1. The number of carbonyl (C=O) groups excluding carboxylic acids is 1. The van der Waals surface area contributed by atoms with Crippen molar-refractivity contribution in [2.24, 2.45) is 0 Å². The number of carbonyl (C=O) groups is 1. The van der Waals surface area contributed by atoms with E-state index in [4.69, 9.17) is 0 Å². The summed E-state index contributed by atoms with van der Waals surface area (Å²) in [5.41, 5.74) is 3.18. The van der Waals surface area contributed by atoms with Crippen LogP contribution in [0, 0.1) is 6.92 Å². The second-order valence-corrected chi connectivity index (χ2v) is 6.69. The van der Waals surface area contributed by atoms with Gasteiger partial charge in [0, 0.05) is 43.3 Å². The van der Waals surface area contributed by atoms with Crippen LogP contribution < -0.4 is 5.32 Å². The van der Waals surface area contributed by atoms with E-state index < -0.39 is 0 Å². The van der Waals surface area contributed by atoms with Gasteiger partial charge in [0.25, 0.3) is 0 Å². The summed E-state index contributed by atoms with van der Waals surface area (Å²) < 4.78 is 4.21. The zero-order valence-electron chi connectivity index (χ0n) is 14.4. The van der Waals surface area contributed by atoms with E-state index in [9.17, 15) is 4.79 Å². The minimum Gasteiger partial charge on any atom is -0.351 e. The van der Waals surface area contributed by atoms with Gasteiger partial charge in [0.1, 0.15) is 5.82 Å². The molecule has 1 N–H and O–H groups in total. The number of hydrogen-bond acceptors (Lipinski definition) is 2. The summed E-state index contributed by atoms with van der Waals surface area (Å²) in [6.07, 6.45) is 8.37. The smallest absolute Gasteiger partial charge is 0.224 e. The number of benzene rings is 1. The number of imidazole rings is 1. The quantitative estimate of drug-likeness (QED) is 0.797. The fraction of sp³-hybridized carbons (Fsp3) is 0.300. The molecule has 2 aromatic heterocycles. The standard InChI is InChI=1S/C20H22N4O/c1-15-13-24-14-17(6-9-19(24)21-15)22-20(25)12-16-4-7-18(8-5-16)23-10-2-3-11-23/h2-5,7-8,10-11,13,17H,6,9,12,14H2,1H3,(H,22,25)/t17-/m0/s1. The maximum absolute atomic E-state index is 12.4. The van der Waals surface area contributed by atoms with Gasteiger partial charge in [-0.05, 0) is 43.2 Å². The SMILES string of the molecule is Cc1cn2c(n1)CC[C@H](NC(=O)Cc1ccc(-n3cccc3)cc1)C2. The maximum atomic E-state index is 12.4. The van der Waals surface area contributed by atoms with Gasteiger partial charge in [-0.3, -0.25) is 4.79 Å². The number of rotatable bonds is 4. The van der Waals surface area contributed by atoms with Crippen molar-refractivity contribution < 1.29 is 4.79 Å². The van der Waals surface area contributed by atoms with E-state index in [-0.39, 0.29) is 11.9 Å². The molecule has 1 amide bonds. The maximum Gasteiger partial charge on any atom is 0.224 e. The van der Waals surface area contributed by atoms with E-state index in [0.717, 1.165) is 42.2 Å². The van der Waals surface area contributed by atoms with E-state index in [1.165, 1.54) is 0 Å². The van der Waals surface area contributed by atoms with Crippen molar-refractivity contribution in [3.63, 3.8) is 0 Å². The van der Waals surface area contributed by atoms with Crippen LogP contribution >= 0.6 is 0 Å². The summed E-state index contributed by atoms with van der Waals surface area (Å²) in [5.74, 6) is 1.21. The highest BCUT2D eigenvalue weighted by Crippen LogP contribution is 2.15. The third kappa shape index (κ3) is 3.50. The van der Waals surface area contributed by atoms with Crippen molar-refractivity contribution >= 4 is 5.91 Å². The van der Waals surface area contributed by atoms with Crippen LogP contribution in [0.4, 0.5) is 0 Å². The van der Waals surface area contributed by atoms with Crippen LogP contribution in [0.1, 0.15) is 23.5 Å². The molecule has 1 atom stereocenters. The van der Waals surface area contributed by atoms with Gasteiger partial charge in [-0.2, -0.15) is 0 Å². The van der Waals surface area contributed by atoms with Crippen molar-refractivity contribution in [3.8, 4) is 5.69 Å². The summed E-state index contributed by atoms with van der Waals surface area (Å²) in [4.78, 5) is 16.9. The molecule has 3 heterocycles. The number of fused-ring (bicyclic) bond motifs is 1. The molecule has 0 radical (unpaired) electrons. The van der Waals surface area contributed by atoms with Crippen LogP contribution in [0.5, 0.6) is 0 Å². The van der Waals surface area contributed by atoms with Gasteiger partial charge in [-0.15, -0.1) is 0 Å². The molecule has 1 aliphatic heterocycles. The molecular weight excluding hydrogens is 312 g/mol. The fourth-order valence-electron chi connectivity index (χ4n) is 3.46. The number of hydrogen-bond donors (Lipinski definition) is 1. The highest BCUT2D eigenvalue weighted by atomic mass is 16.1. The topological polar surface area (TPSA) is 51.9 Å². The van der Waals surface area contributed by atoms with Crippen LogP contribution in [0.3, 0.4) is 0 Å². The third-order valence-corrected chi connectivity index (χ3v) is 4.68. The molecule has 0 fully saturated rings. The molecule has 128 valence electrons. The zero-order valence-corrected chi connectivity index (χ0v) is 14.4. The first-order chi connectivity index (χ1) is 12.2. The van der Waals surface area contributed by atoms with E-state index in [1.54, 1.807) is 0 Å². The lowest BCUT2D eigenvalue weighted by molar-refractivity contribution is -0.121. The Hall–Kier alpha value is -2.82. The summed E-state index contributed by atoms with van der Waals surface area (Å²) in [7, 11) is 0. The van der Waals surface area contributed by atoms with Gasteiger partial charge >= 0.3 is 0 Å². The van der Waals surface area contributed by atoms with Crippen LogP contribution in [0.25, 0.3) is 5.69 Å². The predicted molar refractivity (Wildman–Crippen MR) is 96.7 cm³/mol. The molecular formula is C20H22N4O. The molecule has 0 unspecified atom stereocenters. The molecule has 3 aromatic rings. The van der Waals surface area contributed by atoms with Crippen molar-refractivity contribution in [3.05, 3.63) is 72.1 Å². The molecule has 5 heteroatoms. The Morgan fingerprint density at radius 1 is 1.24 bits per heavy atom. The number of aromatic nitrogens is 3. The average Bonchev–Trinajstić information content (AvgIpc) is 3.23. The first-order valence-corrected chi connectivity index (χ1v) is 8.72. The summed E-state index contributed by atoms with van der Waals surface area (Å²) in [6, 6.07) is 12.3. The van der Waals surface area contributed by atoms with E-state index in [2.05, 4.69) is 25.6 Å². The monoisotopic (exact) mass is 334 g/mol. The van der Waals surface area contributed by atoms with Gasteiger partial charge in [0.05, 0.1) is 12.1 Å². The van der Waals surface area contributed by atoms with E-state index in [0.29, 0.717) is 6.42 Å². The minimum atomic E-state index is 0.0824. The Morgan fingerprint density at radius 2 is 2.00 bits per heavy atom. The van der Waals surface area contributed by atoms with E-state index in [1.807, 2.05) is 55.7 Å². The minimum absolute atomic E-state index is 0.0824. The summed E-state index contributed by atoms with van der Waals surface area (Å²) >= 11 is 0. The first kappa shape index (κ1) is 15.7. The summed E-state index contributed by atoms with van der Waals surface area (Å²) in [6.45, 7) is 2.82. The van der Waals surface area contributed by atoms with Crippen molar-refractivity contribution in [2.75, 3.05) is 0 Å². The van der Waals surface area contributed by atoms with Gasteiger partial charge in [-0.1, -0.05) is 12.1 Å². The Labute approximate surface area is 147 Å². The lowest BCUT2D eigenvalue weighted by Gasteiger charge is -2.24. The Kier molecular flexibility index (Phi) is 4.14. The highest BCUT2D eigenvalue weighted by Gasteiger charge is 2.21. The molecule has 4 rings (SSSR count). The molecule has 0 bridgehead atoms. The van der Waals surface area contributed by atoms with Crippen LogP contribution in [-0.2, 0) is 24.2 Å². The van der Waals surface area contributed by atoms with Gasteiger partial charge in [0.2, 0.25) is 5.91 Å². The normalized spacial score (nSPS) is 16.4. The van der Waals surface area contributed by atoms with Gasteiger partial charge < -0.3 is 14.5 Å². The Balaban J connectivity index is 1.35. The average molecular weight is 334 g/mol. The fourth-order valence-corrected chi connectivity index (χ4v) is 3.46. The lowest BCUT2D eigenvalue weighted by atomic mass is 10.1. The van der Waals surface area contributed by atoms with Gasteiger partial charge in [0.15, 0.2) is 0 Å². The van der Waals surface area contributed by atoms with Crippen LogP contribution in [-0.4, -0.2) is 26.1 Å². The molecule has 0 saturated carbocycles. The number of aryl methyl sites for hydroxylation is 2. The molecule has 1 aliphatic rings. The number of nitrogens with zero attached hydrogens (tertiary/aromatic N) is 3. The molecule has 0 aliphatic carbocycles. The van der Waals surface area contributed by atoms with Gasteiger partial charge in [-0.25, -0.2) is 4.98 Å². The van der Waals surface area contributed by atoms with Crippen LogP contribution in [0.2, 0.25) is 0 Å². The third-order valence-electron chi connectivity index (χ3n) is 4.68. The second kappa shape index (κ2) is 6.59. The van der Waals surface area contributed by atoms with Crippen LogP contribution in [0.15, 0.2) is 55.0 Å². The lowest BCUT2D eigenvalue weighted by Crippen LogP contribution is -2.41. The zero-order chi connectivity index (χ0) is 17.2. The first-order valence-electron chi connectivity index (χ1n) is 8.72. The molecule has 5 nitrogen and oxygen atoms in total. The number of nitrogens with one attached hydrogen (secondary N) is 1. The van der Waals surface area contributed by atoms with E-state index >= 15 is 0 Å². The van der Waals surface area contributed by atoms with Crippen molar-refractivity contribution in [1.29, 1.82) is 0 Å². The predicted octanol–water partition coefficient (Wildman–Crippen LogP) is 2.66. The highest BCUT2D eigenvalue weighted by molar-refractivity contribution is 5.78. The largest absolute Gasteiger partial charge is 0.351 e. The molecule has 0 spiro atoms. The second-order valence-electron chi connectivity index (χ2n) is 6.69. The Bertz CT molecular complexity index is 862. The Morgan fingerprint density at radius 3 is 2.76 bits per heavy atom. The molecule has 25 heavy (non-hydrogen) atoms. The van der Waals surface area contributed by atoms with Crippen molar-refractivity contribution in [2.45, 2.75) is 38.8 Å². The molecule has 0 saturated heterocycles.